The lowest BCUT2D eigenvalue weighted by atomic mass is 9.89. The molecule has 0 aromatic rings. The van der Waals surface area contributed by atoms with E-state index in [1.807, 2.05) is 0 Å². The minimum Gasteiger partial charge on any atom is -0.393 e. The molecule has 0 aliphatic heterocycles. The Morgan fingerprint density at radius 1 is 1.20 bits per heavy atom. The smallest absolute Gasteiger partial charge is 0.0591 e. The zero-order valence-corrected chi connectivity index (χ0v) is 10.9. The molecule has 0 spiro atoms. The van der Waals surface area contributed by atoms with E-state index in [0.717, 1.165) is 11.8 Å². The Morgan fingerprint density at radius 3 is 2.40 bits per heavy atom. The second-order valence-electron chi connectivity index (χ2n) is 5.75. The molecule has 1 fully saturated rings. The molecule has 1 aliphatic carbocycles. The van der Waals surface area contributed by atoms with Gasteiger partial charge in [0.05, 0.1) is 6.10 Å². The molecule has 1 aliphatic rings. The fraction of sp³-hybridized carbons (Fsp3) is 1.00. The molecule has 0 aromatic carbocycles. The molecule has 0 heterocycles. The van der Waals surface area contributed by atoms with Gasteiger partial charge < -0.3 is 5.11 Å². The van der Waals surface area contributed by atoms with Crippen molar-refractivity contribution in [1.82, 2.24) is 0 Å². The van der Waals surface area contributed by atoms with Gasteiger partial charge in [-0.25, -0.2) is 0 Å². The minimum absolute atomic E-state index is 0.0915. The highest BCUT2D eigenvalue weighted by Gasteiger charge is 2.42. The van der Waals surface area contributed by atoms with Gasteiger partial charge in [0.25, 0.3) is 0 Å². The van der Waals surface area contributed by atoms with Crippen LogP contribution in [0.1, 0.15) is 59.8 Å². The normalized spacial score (nSPS) is 29.2. The van der Waals surface area contributed by atoms with Crippen LogP contribution in [-0.4, -0.2) is 11.2 Å². The van der Waals surface area contributed by atoms with Gasteiger partial charge in [-0.15, -0.1) is 0 Å². The first kappa shape index (κ1) is 13.0. The molecule has 4 atom stereocenters. The Kier molecular flexibility index (Phi) is 5.11. The van der Waals surface area contributed by atoms with E-state index < -0.39 is 0 Å². The molecule has 1 heteroatoms. The van der Waals surface area contributed by atoms with Crippen molar-refractivity contribution in [3.63, 3.8) is 0 Å². The lowest BCUT2D eigenvalue weighted by molar-refractivity contribution is 0.0597. The average molecular weight is 212 g/mol. The Morgan fingerprint density at radius 2 is 1.87 bits per heavy atom. The fourth-order valence-corrected chi connectivity index (χ4v) is 2.76. The molecular weight excluding hydrogens is 184 g/mol. The number of hydrogen-bond donors (Lipinski definition) is 1. The standard InChI is InChI=1S/C14H28O/c1-5-6-7-8-12-9-13(12)11(4)14(15)10(2)3/h10-15H,5-9H2,1-4H3. The van der Waals surface area contributed by atoms with Gasteiger partial charge in [-0.2, -0.15) is 0 Å². The first-order valence-corrected chi connectivity index (χ1v) is 6.76. The predicted octanol–water partition coefficient (Wildman–Crippen LogP) is 3.86. The van der Waals surface area contributed by atoms with Gasteiger partial charge in [-0.1, -0.05) is 53.4 Å². The Labute approximate surface area is 95.3 Å². The highest BCUT2D eigenvalue weighted by Crippen LogP contribution is 2.49. The van der Waals surface area contributed by atoms with Crippen LogP contribution in [0.15, 0.2) is 0 Å². The summed E-state index contributed by atoms with van der Waals surface area (Å²) < 4.78 is 0. The van der Waals surface area contributed by atoms with Gasteiger partial charge >= 0.3 is 0 Å². The van der Waals surface area contributed by atoms with E-state index in [0.29, 0.717) is 11.8 Å². The summed E-state index contributed by atoms with van der Waals surface area (Å²) in [7, 11) is 0. The molecule has 4 unspecified atom stereocenters. The van der Waals surface area contributed by atoms with Gasteiger partial charge in [0.15, 0.2) is 0 Å². The summed E-state index contributed by atoms with van der Waals surface area (Å²) in [5.41, 5.74) is 0. The Balaban J connectivity index is 2.19. The molecule has 1 saturated carbocycles. The van der Waals surface area contributed by atoms with Crippen LogP contribution in [0.2, 0.25) is 0 Å². The van der Waals surface area contributed by atoms with E-state index in [1.54, 1.807) is 0 Å². The summed E-state index contributed by atoms with van der Waals surface area (Å²) >= 11 is 0. The quantitative estimate of drug-likeness (QED) is 0.635. The Hall–Kier alpha value is -0.0400. The summed E-state index contributed by atoms with van der Waals surface area (Å²) in [5, 5.41) is 9.99. The van der Waals surface area contributed by atoms with Crippen LogP contribution >= 0.6 is 0 Å². The zero-order valence-electron chi connectivity index (χ0n) is 10.9. The SMILES string of the molecule is CCCCCC1CC1C(C)C(O)C(C)C. The lowest BCUT2D eigenvalue weighted by Crippen LogP contribution is -2.25. The Bertz CT molecular complexity index is 176. The van der Waals surface area contributed by atoms with Crippen molar-refractivity contribution in [2.24, 2.45) is 23.7 Å². The predicted molar refractivity (Wildman–Crippen MR) is 65.7 cm³/mol. The molecule has 1 N–H and O–H groups in total. The molecule has 1 rings (SSSR count). The number of hydrogen-bond acceptors (Lipinski definition) is 1. The third-order valence-electron chi connectivity index (χ3n) is 4.05. The molecule has 0 aromatic heterocycles. The number of unbranched alkanes of at least 4 members (excludes halogenated alkanes) is 2. The van der Waals surface area contributed by atoms with Crippen molar-refractivity contribution in [1.29, 1.82) is 0 Å². The lowest BCUT2D eigenvalue weighted by Gasteiger charge is -2.22. The number of aliphatic hydroxyl groups excluding tert-OH is 1. The van der Waals surface area contributed by atoms with Crippen LogP contribution in [0.25, 0.3) is 0 Å². The van der Waals surface area contributed by atoms with Gasteiger partial charge in [0.2, 0.25) is 0 Å². The largest absolute Gasteiger partial charge is 0.393 e. The maximum atomic E-state index is 9.99. The van der Waals surface area contributed by atoms with Gasteiger partial charge in [-0.05, 0) is 30.1 Å². The van der Waals surface area contributed by atoms with E-state index in [4.69, 9.17) is 0 Å². The maximum Gasteiger partial charge on any atom is 0.0591 e. The van der Waals surface area contributed by atoms with E-state index in [2.05, 4.69) is 27.7 Å². The summed E-state index contributed by atoms with van der Waals surface area (Å²) in [6.45, 7) is 8.73. The van der Waals surface area contributed by atoms with Crippen LogP contribution in [0.3, 0.4) is 0 Å². The molecule has 1 nitrogen and oxygen atoms in total. The van der Waals surface area contributed by atoms with Crippen LogP contribution < -0.4 is 0 Å². The monoisotopic (exact) mass is 212 g/mol. The molecule has 0 amide bonds. The highest BCUT2D eigenvalue weighted by atomic mass is 16.3. The summed E-state index contributed by atoms with van der Waals surface area (Å²) in [5.74, 6) is 2.67. The van der Waals surface area contributed by atoms with Crippen molar-refractivity contribution in [3.8, 4) is 0 Å². The average Bonchev–Trinajstić information content (AvgIpc) is 2.95. The van der Waals surface area contributed by atoms with Crippen molar-refractivity contribution in [2.75, 3.05) is 0 Å². The fourth-order valence-electron chi connectivity index (χ4n) is 2.76. The minimum atomic E-state index is -0.0915. The van der Waals surface area contributed by atoms with Crippen LogP contribution in [0.5, 0.6) is 0 Å². The second kappa shape index (κ2) is 5.89. The van der Waals surface area contributed by atoms with E-state index in [-0.39, 0.29) is 6.10 Å². The summed E-state index contributed by atoms with van der Waals surface area (Å²) in [6, 6.07) is 0. The van der Waals surface area contributed by atoms with Crippen molar-refractivity contribution >= 4 is 0 Å². The second-order valence-corrected chi connectivity index (χ2v) is 5.75. The van der Waals surface area contributed by atoms with E-state index in [9.17, 15) is 5.11 Å². The summed E-state index contributed by atoms with van der Waals surface area (Å²) in [6.07, 6.45) is 6.77. The van der Waals surface area contributed by atoms with E-state index >= 15 is 0 Å². The first-order chi connectivity index (χ1) is 7.07. The maximum absolute atomic E-state index is 9.99. The van der Waals surface area contributed by atoms with Gasteiger partial charge in [0, 0.05) is 0 Å². The summed E-state index contributed by atoms with van der Waals surface area (Å²) in [4.78, 5) is 0. The molecule has 90 valence electrons. The topological polar surface area (TPSA) is 20.2 Å². The molecule has 0 saturated heterocycles. The van der Waals surface area contributed by atoms with Crippen molar-refractivity contribution < 1.29 is 5.11 Å². The molecular formula is C14H28O. The van der Waals surface area contributed by atoms with E-state index in [1.165, 1.54) is 32.1 Å². The first-order valence-electron chi connectivity index (χ1n) is 6.76. The highest BCUT2D eigenvalue weighted by molar-refractivity contribution is 4.92. The zero-order chi connectivity index (χ0) is 11.4. The van der Waals surface area contributed by atoms with Crippen LogP contribution in [0.4, 0.5) is 0 Å². The molecule has 0 bridgehead atoms. The third kappa shape index (κ3) is 3.79. The van der Waals surface area contributed by atoms with Crippen molar-refractivity contribution in [3.05, 3.63) is 0 Å². The van der Waals surface area contributed by atoms with Crippen LogP contribution in [0, 0.1) is 23.7 Å². The van der Waals surface area contributed by atoms with Gasteiger partial charge in [0.1, 0.15) is 0 Å². The van der Waals surface area contributed by atoms with Crippen LogP contribution in [-0.2, 0) is 0 Å². The number of aliphatic hydroxyl groups is 1. The third-order valence-corrected chi connectivity index (χ3v) is 4.05. The van der Waals surface area contributed by atoms with Gasteiger partial charge in [-0.3, -0.25) is 0 Å². The molecule has 15 heavy (non-hydrogen) atoms. The number of rotatable bonds is 7. The molecule has 0 radical (unpaired) electrons. The van der Waals surface area contributed by atoms with Crippen molar-refractivity contribution in [2.45, 2.75) is 65.9 Å².